The summed E-state index contributed by atoms with van der Waals surface area (Å²) >= 11 is 0. The third-order valence-corrected chi connectivity index (χ3v) is 9.73. The molecule has 10 nitrogen and oxygen atoms in total. The molecule has 1 aromatic rings. The molecule has 1 amide bonds. The fraction of sp³-hybridized carbons (Fsp3) is 0.667. The van der Waals surface area contributed by atoms with Gasteiger partial charge in [0.2, 0.25) is 0 Å². The molecule has 6 atom stereocenters. The van der Waals surface area contributed by atoms with Crippen molar-refractivity contribution in [2.24, 2.45) is 5.92 Å². The number of allylic oxidation sites excluding steroid dienone is 3. The molecule has 0 radical (unpaired) electrons. The summed E-state index contributed by atoms with van der Waals surface area (Å²) in [6.07, 6.45) is 15.7. The van der Waals surface area contributed by atoms with E-state index in [1.54, 1.807) is 24.1 Å². The predicted octanol–water partition coefficient (Wildman–Crippen LogP) is 5.33. The van der Waals surface area contributed by atoms with Gasteiger partial charge in [-0.05, 0) is 63.3 Å². The Morgan fingerprint density at radius 3 is 2.52 bits per heavy atom. The van der Waals surface area contributed by atoms with Crippen molar-refractivity contribution in [3.8, 4) is 0 Å². The maximum atomic E-state index is 13.4. The zero-order valence-electron chi connectivity index (χ0n) is 28.1. The Labute approximate surface area is 274 Å². The zero-order valence-corrected chi connectivity index (χ0v) is 28.1. The van der Waals surface area contributed by atoms with Gasteiger partial charge in [-0.15, -0.1) is 0 Å². The molecule has 1 saturated carbocycles. The fourth-order valence-electron chi connectivity index (χ4n) is 6.65. The van der Waals surface area contributed by atoms with E-state index in [-0.39, 0.29) is 31.1 Å². The van der Waals surface area contributed by atoms with Crippen molar-refractivity contribution >= 4 is 12.1 Å². The lowest BCUT2D eigenvalue weighted by Gasteiger charge is -2.40. The van der Waals surface area contributed by atoms with Crippen molar-refractivity contribution in [1.82, 2.24) is 20.0 Å². The number of nitrogens with zero attached hydrogens (tertiary/aromatic N) is 4. The van der Waals surface area contributed by atoms with E-state index in [1.807, 2.05) is 57.2 Å². The fourth-order valence-corrected chi connectivity index (χ4v) is 6.65. The number of piperazine rings is 1. The first-order valence-corrected chi connectivity index (χ1v) is 17.1. The van der Waals surface area contributed by atoms with Crippen LogP contribution >= 0.6 is 0 Å². The molecule has 4 rings (SSSR count). The number of aliphatic hydroxyl groups excluding tert-OH is 1. The van der Waals surface area contributed by atoms with E-state index < -0.39 is 36.0 Å². The number of aromatic nitrogens is 2. The molecule has 1 aromatic heterocycles. The highest BCUT2D eigenvalue weighted by Gasteiger charge is 2.37. The van der Waals surface area contributed by atoms with Crippen LogP contribution < -0.4 is 0 Å². The van der Waals surface area contributed by atoms with E-state index in [0.29, 0.717) is 19.1 Å². The van der Waals surface area contributed by atoms with E-state index >= 15 is 0 Å². The molecule has 1 unspecified atom stereocenters. The van der Waals surface area contributed by atoms with Crippen LogP contribution in [0.3, 0.4) is 0 Å². The minimum atomic E-state index is -1.45. The first kappa shape index (κ1) is 35.8. The average Bonchev–Trinajstić information content (AvgIpc) is 3.34. The number of carbonyl (C=O) groups excluding carboxylic acids is 2. The number of rotatable bonds is 6. The van der Waals surface area contributed by atoms with Crippen LogP contribution in [0.5, 0.6) is 0 Å². The Morgan fingerprint density at radius 1 is 1.13 bits per heavy atom. The largest absolute Gasteiger partial charge is 0.457 e. The molecule has 2 aliphatic heterocycles. The zero-order chi connectivity index (χ0) is 33.1. The third kappa shape index (κ3) is 10.5. The molecule has 2 N–H and O–H groups in total. The van der Waals surface area contributed by atoms with Crippen molar-refractivity contribution in [2.45, 2.75) is 121 Å². The van der Waals surface area contributed by atoms with Gasteiger partial charge < -0.3 is 24.6 Å². The van der Waals surface area contributed by atoms with E-state index in [2.05, 4.69) is 15.1 Å². The second kappa shape index (κ2) is 17.2. The molecule has 3 aliphatic rings. The molecule has 254 valence electrons. The van der Waals surface area contributed by atoms with Crippen LogP contribution in [0.1, 0.15) is 97.1 Å². The molecular weight excluding hydrogens is 584 g/mol. The minimum absolute atomic E-state index is 0.0431. The summed E-state index contributed by atoms with van der Waals surface area (Å²) in [5.41, 5.74) is 0.214. The highest BCUT2D eigenvalue weighted by atomic mass is 16.6. The second-order valence-corrected chi connectivity index (χ2v) is 13.6. The molecule has 2 fully saturated rings. The quantitative estimate of drug-likeness (QED) is 0.184. The Morgan fingerprint density at radius 2 is 1.85 bits per heavy atom. The summed E-state index contributed by atoms with van der Waals surface area (Å²) < 4.78 is 11.9. The molecule has 1 aliphatic carbocycles. The average molecular weight is 639 g/mol. The SMILES string of the molecule is C/C(=C\C=C\C(C)c1cccnn1)[C@H]1OC(=O)C[C@H](O)CC[C@@](C)(O)[C@@H](OC(=O)N2CCN(C3CCCCCC3)CC2)/C=C/[C@@H]1C. The number of hydrogen-bond acceptors (Lipinski definition) is 9. The normalized spacial score (nSPS) is 31.3. The van der Waals surface area contributed by atoms with Crippen LogP contribution in [0.2, 0.25) is 0 Å². The molecular formula is C36H54N4O6. The van der Waals surface area contributed by atoms with Crippen molar-refractivity contribution in [1.29, 1.82) is 0 Å². The second-order valence-electron chi connectivity index (χ2n) is 13.6. The summed E-state index contributed by atoms with van der Waals surface area (Å²) in [4.78, 5) is 30.5. The Bertz CT molecular complexity index is 1200. The van der Waals surface area contributed by atoms with Gasteiger partial charge in [0.15, 0.2) is 6.10 Å². The van der Waals surface area contributed by atoms with Gasteiger partial charge in [-0.2, -0.15) is 10.2 Å². The standard InChI is InChI=1S/C36H54N4O6/c1-26(31-15-10-20-37-38-31)11-9-12-27(2)34-28(3)16-17-32(36(4,44)19-18-30(41)25-33(42)46-34)45-35(43)40-23-21-39(22-24-40)29-13-7-5-6-8-14-29/h9-12,15-17,20,26,28-30,32,34,41,44H,5-8,13-14,18-19,21-25H2,1-4H3/b11-9+,17-16+,27-12+/t26?,28-,30+,32-,34+,36+/m0/s1. The molecule has 0 bridgehead atoms. The van der Waals surface area contributed by atoms with E-state index in [9.17, 15) is 19.8 Å². The van der Waals surface area contributed by atoms with Crippen molar-refractivity contribution in [2.75, 3.05) is 26.2 Å². The van der Waals surface area contributed by atoms with Gasteiger partial charge in [0.25, 0.3) is 0 Å². The van der Waals surface area contributed by atoms with Crippen LogP contribution in [0.4, 0.5) is 4.79 Å². The number of cyclic esters (lactones) is 1. The van der Waals surface area contributed by atoms with Gasteiger partial charge in [0.05, 0.1) is 18.2 Å². The Hall–Kier alpha value is -3.08. The van der Waals surface area contributed by atoms with Gasteiger partial charge in [0.1, 0.15) is 11.7 Å². The van der Waals surface area contributed by atoms with Gasteiger partial charge in [-0.25, -0.2) is 4.79 Å². The number of aliphatic hydroxyl groups is 2. The van der Waals surface area contributed by atoms with E-state index in [0.717, 1.165) is 24.4 Å². The Kier molecular flexibility index (Phi) is 13.4. The minimum Gasteiger partial charge on any atom is -0.457 e. The molecule has 0 aromatic carbocycles. The molecule has 3 heterocycles. The summed E-state index contributed by atoms with van der Waals surface area (Å²) in [6.45, 7) is 10.3. The van der Waals surface area contributed by atoms with Crippen molar-refractivity contribution in [3.05, 3.63) is 60.0 Å². The van der Waals surface area contributed by atoms with Crippen molar-refractivity contribution < 1.29 is 29.3 Å². The number of amides is 1. The number of esters is 1. The lowest BCUT2D eigenvalue weighted by atomic mass is 9.88. The number of hydrogen-bond donors (Lipinski definition) is 2. The first-order chi connectivity index (χ1) is 22.0. The topological polar surface area (TPSA) is 125 Å². The highest BCUT2D eigenvalue weighted by molar-refractivity contribution is 5.70. The number of ether oxygens (including phenoxy) is 2. The van der Waals surface area contributed by atoms with Crippen LogP contribution in [-0.4, -0.2) is 98.4 Å². The van der Waals surface area contributed by atoms with Crippen LogP contribution in [-0.2, 0) is 14.3 Å². The maximum absolute atomic E-state index is 13.4. The molecule has 10 heteroatoms. The van der Waals surface area contributed by atoms with E-state index in [4.69, 9.17) is 9.47 Å². The van der Waals surface area contributed by atoms with Crippen LogP contribution in [0.25, 0.3) is 0 Å². The smallest absolute Gasteiger partial charge is 0.410 e. The van der Waals surface area contributed by atoms with E-state index in [1.165, 1.54) is 38.5 Å². The summed E-state index contributed by atoms with van der Waals surface area (Å²) in [5, 5.41) is 30.2. The third-order valence-electron chi connectivity index (χ3n) is 9.73. The lowest BCUT2D eigenvalue weighted by Crippen LogP contribution is -2.53. The molecule has 1 saturated heterocycles. The maximum Gasteiger partial charge on any atom is 0.410 e. The summed E-state index contributed by atoms with van der Waals surface area (Å²) in [7, 11) is 0. The van der Waals surface area contributed by atoms with Gasteiger partial charge in [-0.3, -0.25) is 9.69 Å². The number of carbonyl (C=O) groups is 2. The van der Waals surface area contributed by atoms with Gasteiger partial charge in [-0.1, -0.05) is 63.8 Å². The predicted molar refractivity (Wildman–Crippen MR) is 177 cm³/mol. The van der Waals surface area contributed by atoms with Crippen molar-refractivity contribution in [3.63, 3.8) is 0 Å². The highest BCUT2D eigenvalue weighted by Crippen LogP contribution is 2.28. The van der Waals surface area contributed by atoms with Gasteiger partial charge >= 0.3 is 12.1 Å². The van der Waals surface area contributed by atoms with Gasteiger partial charge in [0, 0.05) is 50.3 Å². The van der Waals surface area contributed by atoms with Crippen LogP contribution in [0.15, 0.2) is 54.3 Å². The lowest BCUT2D eigenvalue weighted by molar-refractivity contribution is -0.151. The van der Waals surface area contributed by atoms with Crippen LogP contribution in [0, 0.1) is 5.92 Å². The summed E-state index contributed by atoms with van der Waals surface area (Å²) in [6, 6.07) is 4.36. The Balaban J connectivity index is 1.45. The molecule has 46 heavy (non-hydrogen) atoms. The summed E-state index contributed by atoms with van der Waals surface area (Å²) in [5.74, 6) is -0.766. The first-order valence-electron chi connectivity index (χ1n) is 17.1. The molecule has 0 spiro atoms. The monoisotopic (exact) mass is 638 g/mol.